The summed E-state index contributed by atoms with van der Waals surface area (Å²) >= 11 is 0. The van der Waals surface area contributed by atoms with Crippen molar-refractivity contribution >= 4 is 5.97 Å². The standard InChI is InChI=1S/C17H3F29O4/c1-3(18,6(21,22)14(37,38)39)49-12(33,15(40,41)42)17(45,46)50-4(19,13(34,35)36)2(47)48-16(43,44)5(20)7(23,24)9(27,28)11(31,32)10(29,30)8(5,25)26/h1H3. The molecule has 1 rings (SSSR count). The van der Waals surface area contributed by atoms with Crippen molar-refractivity contribution in [1.82, 2.24) is 0 Å². The number of hydrogen-bond acceptors (Lipinski definition) is 4. The first-order valence-electron chi connectivity index (χ1n) is 10.7. The second kappa shape index (κ2) is 10.9. The first-order chi connectivity index (χ1) is 21.0. The Hall–Kier alpha value is -2.64. The van der Waals surface area contributed by atoms with E-state index in [0.717, 1.165) is 0 Å². The third kappa shape index (κ3) is 5.42. The van der Waals surface area contributed by atoms with Gasteiger partial charge in [-0.2, -0.15) is 119 Å². The summed E-state index contributed by atoms with van der Waals surface area (Å²) in [5, 5.41) is 0. The van der Waals surface area contributed by atoms with Crippen molar-refractivity contribution in [3.8, 4) is 0 Å². The minimum Gasteiger partial charge on any atom is -0.393 e. The van der Waals surface area contributed by atoms with Crippen LogP contribution in [0.2, 0.25) is 0 Å². The Morgan fingerprint density at radius 3 is 1.06 bits per heavy atom. The lowest BCUT2D eigenvalue weighted by Crippen LogP contribution is -2.87. The quantitative estimate of drug-likeness (QED) is 0.172. The van der Waals surface area contributed by atoms with Gasteiger partial charge in [-0.05, 0) is 0 Å². The second-order valence-corrected chi connectivity index (χ2v) is 9.33. The molecule has 3 unspecified atom stereocenters. The van der Waals surface area contributed by atoms with Crippen LogP contribution in [0.25, 0.3) is 0 Å². The summed E-state index contributed by atoms with van der Waals surface area (Å²) in [5.41, 5.74) is -9.13. The molecule has 3 atom stereocenters. The molecule has 1 aliphatic rings. The van der Waals surface area contributed by atoms with Gasteiger partial charge in [0.15, 0.2) is 0 Å². The van der Waals surface area contributed by atoms with E-state index < -0.39 is 102 Å². The van der Waals surface area contributed by atoms with E-state index in [4.69, 9.17) is 0 Å². The Morgan fingerprint density at radius 2 is 0.780 bits per heavy atom. The molecule has 0 N–H and O–H groups in total. The number of carbonyl (C=O) groups is 1. The van der Waals surface area contributed by atoms with Crippen molar-refractivity contribution in [3.05, 3.63) is 0 Å². The molecular formula is C17H3F29O4. The van der Waals surface area contributed by atoms with Gasteiger partial charge in [-0.1, -0.05) is 0 Å². The highest BCUT2D eigenvalue weighted by Crippen LogP contribution is 2.72. The highest BCUT2D eigenvalue weighted by Gasteiger charge is 3.06. The van der Waals surface area contributed by atoms with Crippen LogP contribution in [0.1, 0.15) is 6.92 Å². The highest BCUT2D eigenvalue weighted by molar-refractivity contribution is 5.79. The van der Waals surface area contributed by atoms with Crippen molar-refractivity contribution in [2.75, 3.05) is 0 Å². The fraction of sp³-hybridized carbons (Fsp3) is 0.941. The molecule has 1 saturated carbocycles. The number of hydrogen-bond donors (Lipinski definition) is 0. The van der Waals surface area contributed by atoms with Crippen molar-refractivity contribution in [2.24, 2.45) is 0 Å². The van der Waals surface area contributed by atoms with Crippen LogP contribution in [-0.4, -0.2) is 95.5 Å². The number of esters is 1. The Balaban J connectivity index is 4.00. The lowest BCUT2D eigenvalue weighted by molar-refractivity contribution is -0.535. The minimum absolute atomic E-state index is 1.21. The fourth-order valence-corrected chi connectivity index (χ4v) is 3.16. The van der Waals surface area contributed by atoms with Gasteiger partial charge in [0.1, 0.15) is 0 Å². The molecule has 0 radical (unpaired) electrons. The molecule has 1 fully saturated rings. The lowest BCUT2D eigenvalue weighted by Gasteiger charge is -2.53. The maximum Gasteiger partial charge on any atom is 0.460 e. The molecule has 0 saturated heterocycles. The molecule has 0 amide bonds. The van der Waals surface area contributed by atoms with Gasteiger partial charge in [-0.25, -0.2) is 13.6 Å². The van der Waals surface area contributed by atoms with E-state index in [9.17, 15) is 132 Å². The number of ether oxygens (including phenoxy) is 3. The normalized spacial score (nSPS) is 25.9. The van der Waals surface area contributed by atoms with Crippen LogP contribution in [0.15, 0.2) is 0 Å². The van der Waals surface area contributed by atoms with Crippen LogP contribution in [0, 0.1) is 0 Å². The third-order valence-electron chi connectivity index (χ3n) is 5.95. The minimum atomic E-state index is -9.13. The summed E-state index contributed by atoms with van der Waals surface area (Å²) in [4.78, 5) is 11.4. The zero-order valence-electron chi connectivity index (χ0n) is 21.6. The average molecular weight is 822 g/mol. The van der Waals surface area contributed by atoms with Gasteiger partial charge in [-0.3, -0.25) is 9.47 Å². The van der Waals surface area contributed by atoms with Crippen molar-refractivity contribution in [2.45, 2.75) is 96.4 Å². The monoisotopic (exact) mass is 822 g/mol. The SMILES string of the molecule is CC(F)(OC(F)(C(F)(F)F)C(F)(F)OC(F)(C(=O)OC(F)(F)C1(F)C(F)(F)C(F)(F)C(F)(F)C(F)(F)C1(F)F)C(F)(F)F)C(F)(F)C(F)(F)F. The summed E-state index contributed by atoms with van der Waals surface area (Å²) < 4.78 is 395. The van der Waals surface area contributed by atoms with Crippen LogP contribution in [0.5, 0.6) is 0 Å². The predicted molar refractivity (Wildman–Crippen MR) is 87.0 cm³/mol. The Labute approximate surface area is 250 Å². The number of alkyl halides is 29. The van der Waals surface area contributed by atoms with Crippen molar-refractivity contribution < 1.29 is 146 Å². The van der Waals surface area contributed by atoms with E-state index in [-0.39, 0.29) is 0 Å². The predicted octanol–water partition coefficient (Wildman–Crippen LogP) is 8.99. The Kier molecular flexibility index (Phi) is 9.93. The van der Waals surface area contributed by atoms with Gasteiger partial charge in [-0.15, -0.1) is 0 Å². The van der Waals surface area contributed by atoms with Gasteiger partial charge in [0.25, 0.3) is 5.85 Å². The van der Waals surface area contributed by atoms with Crippen LogP contribution >= 0.6 is 0 Å². The summed E-state index contributed by atoms with van der Waals surface area (Å²) in [5.74, 6) is -81.1. The van der Waals surface area contributed by atoms with Crippen molar-refractivity contribution in [1.29, 1.82) is 0 Å². The number of halogens is 29. The molecule has 50 heavy (non-hydrogen) atoms. The first kappa shape index (κ1) is 45.4. The molecule has 0 aromatic carbocycles. The largest absolute Gasteiger partial charge is 0.460 e. The second-order valence-electron chi connectivity index (χ2n) is 9.33. The molecule has 0 spiro atoms. The zero-order chi connectivity index (χ0) is 41.2. The lowest BCUT2D eigenvalue weighted by atomic mass is 9.71. The van der Waals surface area contributed by atoms with E-state index in [1.807, 2.05) is 0 Å². The molecule has 0 aromatic rings. The van der Waals surface area contributed by atoms with E-state index in [2.05, 4.69) is 0 Å². The van der Waals surface area contributed by atoms with Crippen molar-refractivity contribution in [3.63, 3.8) is 0 Å². The van der Waals surface area contributed by atoms with Crippen LogP contribution in [0.4, 0.5) is 127 Å². The molecule has 4 nitrogen and oxygen atoms in total. The Morgan fingerprint density at radius 1 is 0.460 bits per heavy atom. The number of rotatable bonds is 9. The number of carbonyl (C=O) groups excluding carboxylic acids is 1. The summed E-state index contributed by atoms with van der Waals surface area (Å²) in [6.45, 7) is -1.78. The fourth-order valence-electron chi connectivity index (χ4n) is 3.16. The van der Waals surface area contributed by atoms with E-state index in [1.165, 1.54) is 9.47 Å². The molecule has 1 aliphatic carbocycles. The van der Waals surface area contributed by atoms with Gasteiger partial charge >= 0.3 is 89.6 Å². The topological polar surface area (TPSA) is 44.8 Å². The highest BCUT2D eigenvalue weighted by atomic mass is 19.4. The Bertz CT molecular complexity index is 1280. The van der Waals surface area contributed by atoms with Crippen LogP contribution in [0.3, 0.4) is 0 Å². The zero-order valence-corrected chi connectivity index (χ0v) is 21.6. The maximum atomic E-state index is 14.5. The summed E-state index contributed by atoms with van der Waals surface area (Å²) in [6, 6.07) is 0. The van der Waals surface area contributed by atoms with Crippen LogP contribution < -0.4 is 0 Å². The smallest absolute Gasteiger partial charge is 0.393 e. The van der Waals surface area contributed by atoms with E-state index in [1.54, 1.807) is 4.74 Å². The van der Waals surface area contributed by atoms with E-state index >= 15 is 0 Å². The third-order valence-corrected chi connectivity index (χ3v) is 5.95. The van der Waals surface area contributed by atoms with Gasteiger partial charge in [0.05, 0.1) is 0 Å². The molecule has 298 valence electrons. The summed E-state index contributed by atoms with van der Waals surface area (Å²) in [7, 11) is 0. The molecule has 0 aromatic heterocycles. The maximum absolute atomic E-state index is 14.5. The van der Waals surface area contributed by atoms with Gasteiger partial charge < -0.3 is 4.74 Å². The van der Waals surface area contributed by atoms with Gasteiger partial charge in [0.2, 0.25) is 0 Å². The summed E-state index contributed by atoms with van der Waals surface area (Å²) in [6.07, 6.45) is -42.1. The molecular weight excluding hydrogens is 819 g/mol. The molecule has 0 heterocycles. The first-order valence-corrected chi connectivity index (χ1v) is 10.7. The van der Waals surface area contributed by atoms with E-state index in [0.29, 0.717) is 0 Å². The average Bonchev–Trinajstić information content (AvgIpc) is 2.83. The van der Waals surface area contributed by atoms with Gasteiger partial charge in [0, 0.05) is 6.92 Å². The van der Waals surface area contributed by atoms with Crippen LogP contribution in [-0.2, 0) is 19.0 Å². The molecule has 0 aliphatic heterocycles. The molecule has 33 heteroatoms. The molecule has 0 bridgehead atoms.